The number of halogens is 1. The molecule has 0 saturated carbocycles. The molecule has 0 aliphatic heterocycles. The quantitative estimate of drug-likeness (QED) is 0.693. The molecule has 0 heterocycles. The standard InChI is InChI=1S/C19H22FNO2/c1-2-3-4-7-14-23-16-12-10-15(11-13-16)21-19(22)17-8-5-6-9-18(17)20/h5-6,8-13H,2-4,7,14H2,1H3,(H,21,22). The van der Waals surface area contributed by atoms with E-state index in [9.17, 15) is 9.18 Å². The monoisotopic (exact) mass is 315 g/mol. The van der Waals surface area contributed by atoms with Crippen LogP contribution >= 0.6 is 0 Å². The van der Waals surface area contributed by atoms with E-state index in [1.165, 1.54) is 31.4 Å². The largest absolute Gasteiger partial charge is 0.494 e. The second kappa shape index (κ2) is 8.93. The van der Waals surface area contributed by atoms with E-state index in [1.807, 2.05) is 0 Å². The van der Waals surface area contributed by atoms with Gasteiger partial charge in [0.2, 0.25) is 0 Å². The summed E-state index contributed by atoms with van der Waals surface area (Å²) >= 11 is 0. The molecular formula is C19H22FNO2. The first-order valence-electron chi connectivity index (χ1n) is 7.99. The van der Waals surface area contributed by atoms with E-state index in [0.29, 0.717) is 12.3 Å². The van der Waals surface area contributed by atoms with Crippen molar-refractivity contribution in [3.63, 3.8) is 0 Å². The molecule has 3 nitrogen and oxygen atoms in total. The van der Waals surface area contributed by atoms with Gasteiger partial charge in [-0.25, -0.2) is 4.39 Å². The number of carbonyl (C=O) groups excluding carboxylic acids is 1. The lowest BCUT2D eigenvalue weighted by Crippen LogP contribution is -2.13. The highest BCUT2D eigenvalue weighted by atomic mass is 19.1. The zero-order chi connectivity index (χ0) is 16.5. The van der Waals surface area contributed by atoms with Crippen LogP contribution in [0, 0.1) is 5.82 Å². The second-order valence-electron chi connectivity index (χ2n) is 5.37. The lowest BCUT2D eigenvalue weighted by Gasteiger charge is -2.09. The third kappa shape index (κ3) is 5.40. The smallest absolute Gasteiger partial charge is 0.258 e. The number of ether oxygens (including phenoxy) is 1. The molecule has 0 bridgehead atoms. The van der Waals surface area contributed by atoms with Gasteiger partial charge in [0.1, 0.15) is 11.6 Å². The van der Waals surface area contributed by atoms with Crippen molar-refractivity contribution in [2.45, 2.75) is 32.6 Å². The van der Waals surface area contributed by atoms with E-state index < -0.39 is 11.7 Å². The van der Waals surface area contributed by atoms with Crippen LogP contribution in [0.15, 0.2) is 48.5 Å². The van der Waals surface area contributed by atoms with Gasteiger partial charge in [-0.1, -0.05) is 38.3 Å². The van der Waals surface area contributed by atoms with Crippen molar-refractivity contribution >= 4 is 11.6 Å². The summed E-state index contributed by atoms with van der Waals surface area (Å²) in [5.41, 5.74) is 0.639. The molecule has 0 aliphatic carbocycles. The highest BCUT2D eigenvalue weighted by Gasteiger charge is 2.10. The molecule has 1 N–H and O–H groups in total. The highest BCUT2D eigenvalue weighted by molar-refractivity contribution is 6.04. The summed E-state index contributed by atoms with van der Waals surface area (Å²) in [7, 11) is 0. The van der Waals surface area contributed by atoms with Crippen molar-refractivity contribution < 1.29 is 13.9 Å². The number of nitrogens with one attached hydrogen (secondary N) is 1. The molecule has 0 spiro atoms. The van der Waals surface area contributed by atoms with Crippen LogP contribution < -0.4 is 10.1 Å². The predicted molar refractivity (Wildman–Crippen MR) is 90.4 cm³/mol. The molecule has 2 rings (SSSR count). The maximum atomic E-state index is 13.6. The molecule has 0 saturated heterocycles. The summed E-state index contributed by atoms with van der Waals surface area (Å²) in [6.07, 6.45) is 4.65. The Balaban J connectivity index is 1.85. The molecule has 2 aromatic rings. The molecule has 2 aromatic carbocycles. The van der Waals surface area contributed by atoms with Crippen LogP contribution in [0.2, 0.25) is 0 Å². The predicted octanol–water partition coefficient (Wildman–Crippen LogP) is 5.04. The number of benzene rings is 2. The summed E-state index contributed by atoms with van der Waals surface area (Å²) in [6.45, 7) is 2.87. The molecule has 0 fully saturated rings. The first-order valence-corrected chi connectivity index (χ1v) is 7.99. The SMILES string of the molecule is CCCCCCOc1ccc(NC(=O)c2ccccc2F)cc1. The first-order chi connectivity index (χ1) is 11.2. The average molecular weight is 315 g/mol. The van der Waals surface area contributed by atoms with E-state index in [0.717, 1.165) is 12.2 Å². The van der Waals surface area contributed by atoms with Crippen molar-refractivity contribution in [2.24, 2.45) is 0 Å². The fourth-order valence-corrected chi connectivity index (χ4v) is 2.20. The number of hydrogen-bond donors (Lipinski definition) is 1. The van der Waals surface area contributed by atoms with E-state index in [2.05, 4.69) is 12.2 Å². The van der Waals surface area contributed by atoms with E-state index in [1.54, 1.807) is 36.4 Å². The minimum absolute atomic E-state index is 0.0313. The molecule has 0 aliphatic rings. The van der Waals surface area contributed by atoms with Crippen LogP contribution in [0.25, 0.3) is 0 Å². The van der Waals surface area contributed by atoms with Gasteiger partial charge in [-0.3, -0.25) is 4.79 Å². The molecular weight excluding hydrogens is 293 g/mol. The topological polar surface area (TPSA) is 38.3 Å². The summed E-state index contributed by atoms with van der Waals surface area (Å²) < 4.78 is 19.2. The zero-order valence-corrected chi connectivity index (χ0v) is 13.3. The van der Waals surface area contributed by atoms with E-state index in [4.69, 9.17) is 4.74 Å². The van der Waals surface area contributed by atoms with E-state index in [-0.39, 0.29) is 5.56 Å². The minimum atomic E-state index is -0.531. The fourth-order valence-electron chi connectivity index (χ4n) is 2.20. The van der Waals surface area contributed by atoms with Gasteiger partial charge >= 0.3 is 0 Å². The average Bonchev–Trinajstić information content (AvgIpc) is 2.56. The number of hydrogen-bond acceptors (Lipinski definition) is 2. The molecule has 0 atom stereocenters. The van der Waals surface area contributed by atoms with Gasteiger partial charge < -0.3 is 10.1 Å². The normalized spacial score (nSPS) is 10.3. The van der Waals surface area contributed by atoms with Crippen LogP contribution in [-0.2, 0) is 0 Å². The number of unbranched alkanes of at least 4 members (excludes halogenated alkanes) is 3. The molecule has 23 heavy (non-hydrogen) atoms. The zero-order valence-electron chi connectivity index (χ0n) is 13.3. The number of anilines is 1. The van der Waals surface area contributed by atoms with Crippen molar-refractivity contribution in [1.82, 2.24) is 0 Å². The third-order valence-corrected chi connectivity index (χ3v) is 3.50. The lowest BCUT2D eigenvalue weighted by molar-refractivity contribution is 0.102. The minimum Gasteiger partial charge on any atom is -0.494 e. The van der Waals surface area contributed by atoms with Gasteiger partial charge in [0.25, 0.3) is 5.91 Å². The summed E-state index contributed by atoms with van der Waals surface area (Å²) in [5, 5.41) is 2.68. The summed E-state index contributed by atoms with van der Waals surface area (Å²) in [5.74, 6) is -0.223. The Labute approximate surface area is 136 Å². The summed E-state index contributed by atoms with van der Waals surface area (Å²) in [4.78, 5) is 12.0. The lowest BCUT2D eigenvalue weighted by atomic mass is 10.2. The highest BCUT2D eigenvalue weighted by Crippen LogP contribution is 2.17. The van der Waals surface area contributed by atoms with Gasteiger partial charge in [-0.15, -0.1) is 0 Å². The van der Waals surface area contributed by atoms with Gasteiger partial charge in [0.05, 0.1) is 12.2 Å². The van der Waals surface area contributed by atoms with Gasteiger partial charge in [0.15, 0.2) is 0 Å². The van der Waals surface area contributed by atoms with Crippen molar-refractivity contribution in [1.29, 1.82) is 0 Å². The molecule has 4 heteroatoms. The Kier molecular flexibility index (Phi) is 6.60. The van der Waals surface area contributed by atoms with Gasteiger partial charge in [0, 0.05) is 5.69 Å². The molecule has 0 unspecified atom stereocenters. The van der Waals surface area contributed by atoms with Crippen molar-refractivity contribution in [2.75, 3.05) is 11.9 Å². The van der Waals surface area contributed by atoms with Crippen LogP contribution in [0.5, 0.6) is 5.75 Å². The molecule has 0 aromatic heterocycles. The number of carbonyl (C=O) groups is 1. The number of amides is 1. The van der Waals surface area contributed by atoms with Crippen LogP contribution in [-0.4, -0.2) is 12.5 Å². The first kappa shape index (κ1) is 17.0. The Morgan fingerprint density at radius 3 is 2.48 bits per heavy atom. The number of rotatable bonds is 8. The Morgan fingerprint density at radius 1 is 1.04 bits per heavy atom. The summed E-state index contributed by atoms with van der Waals surface area (Å²) in [6, 6.07) is 13.0. The van der Waals surface area contributed by atoms with Gasteiger partial charge in [-0.05, 0) is 42.8 Å². The maximum Gasteiger partial charge on any atom is 0.258 e. The van der Waals surface area contributed by atoms with Crippen molar-refractivity contribution in [3.05, 3.63) is 59.9 Å². The second-order valence-corrected chi connectivity index (χ2v) is 5.37. The Bertz CT molecular complexity index is 626. The van der Waals surface area contributed by atoms with Crippen LogP contribution in [0.4, 0.5) is 10.1 Å². The Morgan fingerprint density at radius 2 is 1.78 bits per heavy atom. The van der Waals surface area contributed by atoms with Gasteiger partial charge in [-0.2, -0.15) is 0 Å². The third-order valence-electron chi connectivity index (χ3n) is 3.50. The Hall–Kier alpha value is -2.36. The van der Waals surface area contributed by atoms with E-state index >= 15 is 0 Å². The molecule has 1 amide bonds. The fraction of sp³-hybridized carbons (Fsp3) is 0.316. The van der Waals surface area contributed by atoms with Crippen LogP contribution in [0.3, 0.4) is 0 Å². The van der Waals surface area contributed by atoms with Crippen molar-refractivity contribution in [3.8, 4) is 5.75 Å². The molecule has 122 valence electrons. The maximum absolute atomic E-state index is 13.6. The molecule has 0 radical (unpaired) electrons. The van der Waals surface area contributed by atoms with Crippen LogP contribution in [0.1, 0.15) is 43.0 Å².